The van der Waals surface area contributed by atoms with Gasteiger partial charge in [-0.25, -0.2) is 9.78 Å². The molecule has 1 N–H and O–H groups in total. The van der Waals surface area contributed by atoms with Crippen molar-refractivity contribution < 1.29 is 14.3 Å². The average molecular weight is 326 g/mol. The largest absolute Gasteiger partial charge is 0.421 e. The van der Waals surface area contributed by atoms with Gasteiger partial charge in [-0.2, -0.15) is 0 Å². The number of esters is 1. The summed E-state index contributed by atoms with van der Waals surface area (Å²) in [5.74, 6) is 0.631. The zero-order valence-electron chi connectivity index (χ0n) is 12.2. The minimum atomic E-state index is -0.412. The van der Waals surface area contributed by atoms with E-state index in [0.29, 0.717) is 30.1 Å². The fraction of sp³-hybridized carbons (Fsp3) is 0.118. The van der Waals surface area contributed by atoms with Crippen molar-refractivity contribution in [3.63, 3.8) is 0 Å². The maximum absolute atomic E-state index is 12.2. The summed E-state index contributed by atoms with van der Waals surface area (Å²) in [6.07, 6.45) is 1.23. The summed E-state index contributed by atoms with van der Waals surface area (Å²) in [6, 6.07) is 12.4. The Kier molecular flexibility index (Phi) is 4.63. The van der Waals surface area contributed by atoms with Gasteiger partial charge >= 0.3 is 5.97 Å². The van der Waals surface area contributed by atoms with Crippen LogP contribution < -0.4 is 10.1 Å². The number of nitrogens with one attached hydrogen (secondary N) is 1. The van der Waals surface area contributed by atoms with Crippen molar-refractivity contribution in [3.05, 3.63) is 53.4 Å². The SMILES string of the molecule is O=CCCNc1cc(OC(=O)c2ccccc2)c2sccc2n1. The highest BCUT2D eigenvalue weighted by Gasteiger charge is 2.13. The monoisotopic (exact) mass is 326 g/mol. The number of nitrogens with zero attached hydrogens (tertiary/aromatic N) is 1. The minimum absolute atomic E-state index is 0.391. The molecule has 0 radical (unpaired) electrons. The number of anilines is 1. The lowest BCUT2D eigenvalue weighted by Gasteiger charge is -2.09. The molecular weight excluding hydrogens is 312 g/mol. The Morgan fingerprint density at radius 1 is 1.26 bits per heavy atom. The number of thiophene rings is 1. The van der Waals surface area contributed by atoms with E-state index in [2.05, 4.69) is 10.3 Å². The second-order valence-electron chi connectivity index (χ2n) is 4.78. The van der Waals surface area contributed by atoms with Crippen molar-refractivity contribution in [1.29, 1.82) is 0 Å². The highest BCUT2D eigenvalue weighted by molar-refractivity contribution is 7.17. The predicted molar refractivity (Wildman–Crippen MR) is 90.2 cm³/mol. The van der Waals surface area contributed by atoms with Gasteiger partial charge in [-0.3, -0.25) is 0 Å². The van der Waals surface area contributed by atoms with E-state index in [1.54, 1.807) is 30.3 Å². The zero-order chi connectivity index (χ0) is 16.1. The van der Waals surface area contributed by atoms with Gasteiger partial charge in [0.2, 0.25) is 0 Å². The lowest BCUT2D eigenvalue weighted by atomic mass is 10.2. The zero-order valence-corrected chi connectivity index (χ0v) is 13.0. The van der Waals surface area contributed by atoms with Crippen LogP contribution >= 0.6 is 11.3 Å². The molecule has 0 fully saturated rings. The number of hydrogen-bond donors (Lipinski definition) is 1. The van der Waals surface area contributed by atoms with Gasteiger partial charge in [0.15, 0.2) is 5.75 Å². The third-order valence-corrected chi connectivity index (χ3v) is 4.08. The number of aromatic nitrogens is 1. The minimum Gasteiger partial charge on any atom is -0.421 e. The first-order chi connectivity index (χ1) is 11.3. The van der Waals surface area contributed by atoms with Crippen LogP contribution in [-0.4, -0.2) is 23.8 Å². The van der Waals surface area contributed by atoms with Crippen LogP contribution in [0.2, 0.25) is 0 Å². The first-order valence-corrected chi connectivity index (χ1v) is 7.99. The van der Waals surface area contributed by atoms with E-state index in [0.717, 1.165) is 16.5 Å². The van der Waals surface area contributed by atoms with Crippen LogP contribution in [0.25, 0.3) is 10.2 Å². The second-order valence-corrected chi connectivity index (χ2v) is 5.69. The van der Waals surface area contributed by atoms with Gasteiger partial charge in [-0.15, -0.1) is 11.3 Å². The smallest absolute Gasteiger partial charge is 0.343 e. The molecule has 0 aliphatic rings. The highest BCUT2D eigenvalue weighted by Crippen LogP contribution is 2.32. The lowest BCUT2D eigenvalue weighted by molar-refractivity contribution is -0.107. The molecule has 1 aromatic carbocycles. The van der Waals surface area contributed by atoms with E-state index in [1.165, 1.54) is 11.3 Å². The van der Waals surface area contributed by atoms with Crippen LogP contribution in [0.3, 0.4) is 0 Å². The second kappa shape index (κ2) is 7.02. The first-order valence-electron chi connectivity index (χ1n) is 7.11. The Morgan fingerprint density at radius 3 is 2.87 bits per heavy atom. The molecule has 0 amide bonds. The van der Waals surface area contributed by atoms with Crippen molar-refractivity contribution in [2.45, 2.75) is 6.42 Å². The van der Waals surface area contributed by atoms with Crippen molar-refractivity contribution in [2.75, 3.05) is 11.9 Å². The third-order valence-electron chi connectivity index (χ3n) is 3.16. The number of benzene rings is 1. The fourth-order valence-electron chi connectivity index (χ4n) is 2.09. The van der Waals surface area contributed by atoms with Gasteiger partial charge in [0.1, 0.15) is 12.1 Å². The number of aldehydes is 1. The van der Waals surface area contributed by atoms with Crippen LogP contribution in [0.1, 0.15) is 16.8 Å². The molecule has 0 aliphatic heterocycles. The molecule has 2 heterocycles. The number of rotatable bonds is 6. The number of hydrogen-bond acceptors (Lipinski definition) is 6. The summed E-state index contributed by atoms with van der Waals surface area (Å²) in [7, 11) is 0. The van der Waals surface area contributed by atoms with Gasteiger partial charge in [0.25, 0.3) is 0 Å². The third kappa shape index (κ3) is 3.54. The molecule has 0 saturated heterocycles. The molecule has 0 unspecified atom stereocenters. The van der Waals surface area contributed by atoms with Crippen molar-refractivity contribution in [3.8, 4) is 5.75 Å². The average Bonchev–Trinajstić information content (AvgIpc) is 3.05. The molecule has 0 saturated carbocycles. The van der Waals surface area contributed by atoms with Gasteiger partial charge in [0.05, 0.1) is 15.8 Å². The van der Waals surface area contributed by atoms with E-state index < -0.39 is 5.97 Å². The molecule has 0 bridgehead atoms. The number of ether oxygens (including phenoxy) is 1. The quantitative estimate of drug-likeness (QED) is 0.426. The maximum atomic E-state index is 12.2. The Hall–Kier alpha value is -2.73. The summed E-state index contributed by atoms with van der Waals surface area (Å²) in [5, 5.41) is 4.95. The number of carbonyl (C=O) groups excluding carboxylic acids is 2. The topological polar surface area (TPSA) is 68.3 Å². The van der Waals surface area contributed by atoms with Gasteiger partial charge < -0.3 is 14.8 Å². The molecule has 23 heavy (non-hydrogen) atoms. The lowest BCUT2D eigenvalue weighted by Crippen LogP contribution is -2.09. The Balaban J connectivity index is 1.87. The number of pyridine rings is 1. The Morgan fingerprint density at radius 2 is 2.09 bits per heavy atom. The summed E-state index contributed by atoms with van der Waals surface area (Å²) in [4.78, 5) is 27.1. The van der Waals surface area contributed by atoms with Gasteiger partial charge in [0, 0.05) is 19.0 Å². The molecule has 0 atom stereocenters. The molecule has 0 spiro atoms. The number of carbonyl (C=O) groups is 2. The number of fused-ring (bicyclic) bond motifs is 1. The van der Waals surface area contributed by atoms with Crippen molar-refractivity contribution in [2.24, 2.45) is 0 Å². The summed E-state index contributed by atoms with van der Waals surface area (Å²) in [5.41, 5.74) is 1.24. The first kappa shape index (κ1) is 15.2. The van der Waals surface area contributed by atoms with Crippen LogP contribution in [0.15, 0.2) is 47.8 Å². The highest BCUT2D eigenvalue weighted by atomic mass is 32.1. The summed E-state index contributed by atoms with van der Waals surface area (Å²) in [6.45, 7) is 0.484. The summed E-state index contributed by atoms with van der Waals surface area (Å²) >= 11 is 1.46. The van der Waals surface area contributed by atoms with E-state index in [9.17, 15) is 9.59 Å². The normalized spacial score (nSPS) is 10.4. The van der Waals surface area contributed by atoms with E-state index >= 15 is 0 Å². The van der Waals surface area contributed by atoms with Crippen molar-refractivity contribution in [1.82, 2.24) is 4.98 Å². The van der Waals surface area contributed by atoms with Crippen LogP contribution in [-0.2, 0) is 4.79 Å². The molecular formula is C17H14N2O3S. The molecule has 6 heteroatoms. The van der Waals surface area contributed by atoms with E-state index in [4.69, 9.17) is 4.74 Å². The van der Waals surface area contributed by atoms with Crippen LogP contribution in [0.4, 0.5) is 5.82 Å². The Bertz CT molecular complexity index is 830. The standard InChI is InChI=1S/C17H14N2O3S/c20-9-4-8-18-15-11-14(16-13(19-15)7-10-23-16)22-17(21)12-5-2-1-3-6-12/h1-3,5-7,9-11H,4,8H2,(H,18,19). The van der Waals surface area contributed by atoms with Crippen LogP contribution in [0.5, 0.6) is 5.75 Å². The summed E-state index contributed by atoms with van der Waals surface area (Å²) < 4.78 is 6.36. The predicted octanol–water partition coefficient (Wildman–Crippen LogP) is 3.52. The molecule has 5 nitrogen and oxygen atoms in total. The molecule has 3 aromatic rings. The maximum Gasteiger partial charge on any atom is 0.343 e. The van der Waals surface area contributed by atoms with E-state index in [-0.39, 0.29) is 0 Å². The van der Waals surface area contributed by atoms with Gasteiger partial charge in [-0.05, 0) is 23.6 Å². The fourth-order valence-corrected chi connectivity index (χ4v) is 2.87. The van der Waals surface area contributed by atoms with Crippen molar-refractivity contribution >= 4 is 39.6 Å². The molecule has 116 valence electrons. The van der Waals surface area contributed by atoms with E-state index in [1.807, 2.05) is 17.5 Å². The molecule has 0 aliphatic carbocycles. The Labute approximate surface area is 136 Å². The molecule has 2 aromatic heterocycles. The molecule has 3 rings (SSSR count). The van der Waals surface area contributed by atoms with Crippen LogP contribution in [0, 0.1) is 0 Å². The van der Waals surface area contributed by atoms with Gasteiger partial charge in [-0.1, -0.05) is 18.2 Å².